The van der Waals surface area contributed by atoms with Crippen molar-refractivity contribution in [2.75, 3.05) is 7.11 Å². The number of ether oxygens (including phenoxy) is 1. The van der Waals surface area contributed by atoms with Gasteiger partial charge in [0.2, 0.25) is 0 Å². The third kappa shape index (κ3) is 2.41. The van der Waals surface area contributed by atoms with Crippen LogP contribution in [0.25, 0.3) is 0 Å². The molecule has 0 bridgehead atoms. The molecular formula is C22H36O3. The average Bonchev–Trinajstić information content (AvgIpc) is 2.92. The summed E-state index contributed by atoms with van der Waals surface area (Å²) in [6.07, 6.45) is 9.04. The summed E-state index contributed by atoms with van der Waals surface area (Å²) in [6.45, 7) is 6.69. The quantitative estimate of drug-likeness (QED) is 0.813. The fourth-order valence-corrected chi connectivity index (χ4v) is 8.29. The van der Waals surface area contributed by atoms with Crippen LogP contribution >= 0.6 is 0 Å². The van der Waals surface area contributed by atoms with E-state index in [2.05, 4.69) is 13.8 Å². The van der Waals surface area contributed by atoms with Crippen molar-refractivity contribution >= 4 is 5.78 Å². The van der Waals surface area contributed by atoms with Gasteiger partial charge in [0.05, 0.1) is 12.2 Å². The monoisotopic (exact) mass is 348 g/mol. The molecule has 0 spiro atoms. The number of rotatable bonds is 2. The van der Waals surface area contributed by atoms with Crippen LogP contribution in [0.15, 0.2) is 0 Å². The molecule has 4 saturated carbocycles. The van der Waals surface area contributed by atoms with Gasteiger partial charge in [0, 0.05) is 19.4 Å². The molecule has 1 unspecified atom stereocenters. The van der Waals surface area contributed by atoms with E-state index in [1.165, 1.54) is 32.1 Å². The minimum absolute atomic E-state index is 0.184. The van der Waals surface area contributed by atoms with Crippen molar-refractivity contribution in [3.05, 3.63) is 0 Å². The van der Waals surface area contributed by atoms with E-state index in [1.807, 2.05) is 14.0 Å². The highest BCUT2D eigenvalue weighted by Gasteiger charge is 2.63. The predicted molar refractivity (Wildman–Crippen MR) is 98.1 cm³/mol. The molecule has 0 aromatic heterocycles. The lowest BCUT2D eigenvalue weighted by Crippen LogP contribution is -2.59. The predicted octanol–water partition coefficient (Wildman–Crippen LogP) is 4.22. The molecule has 0 aromatic rings. The largest absolute Gasteiger partial charge is 0.393 e. The topological polar surface area (TPSA) is 46.5 Å². The minimum Gasteiger partial charge on any atom is -0.393 e. The Morgan fingerprint density at radius 2 is 1.80 bits per heavy atom. The summed E-state index contributed by atoms with van der Waals surface area (Å²) in [4.78, 5) is 12.2. The minimum atomic E-state index is -0.193. The normalized spacial score (nSPS) is 55.2. The summed E-state index contributed by atoms with van der Waals surface area (Å²) in [5.41, 5.74) is 0.430. The molecule has 4 aliphatic carbocycles. The van der Waals surface area contributed by atoms with Crippen molar-refractivity contribution in [3.8, 4) is 0 Å². The molecule has 3 heteroatoms. The van der Waals surface area contributed by atoms with E-state index in [-0.39, 0.29) is 29.0 Å². The Morgan fingerprint density at radius 3 is 2.48 bits per heavy atom. The van der Waals surface area contributed by atoms with Gasteiger partial charge in [0.1, 0.15) is 5.78 Å². The second kappa shape index (κ2) is 6.05. The molecule has 142 valence electrons. The fourth-order valence-electron chi connectivity index (χ4n) is 8.29. The Hall–Kier alpha value is -0.410. The molecular weight excluding hydrogens is 312 g/mol. The van der Waals surface area contributed by atoms with Gasteiger partial charge in [-0.1, -0.05) is 13.8 Å². The standard InChI is InChI=1S/C22H36O3/c1-13(23)17-7-8-18-16-6-5-14-11-15(24)12-20(25-4)22(14,3)19(16)9-10-21(17,18)2/h14-20,24H,5-12H2,1-4H3/t14-,15+,16-,17+,18-,19-,20?,21+,22-/m0/s1. The van der Waals surface area contributed by atoms with E-state index in [4.69, 9.17) is 4.74 Å². The molecule has 4 aliphatic rings. The maximum Gasteiger partial charge on any atom is 0.133 e. The van der Waals surface area contributed by atoms with Gasteiger partial charge >= 0.3 is 0 Å². The average molecular weight is 349 g/mol. The molecule has 3 nitrogen and oxygen atoms in total. The Kier molecular flexibility index (Phi) is 4.35. The van der Waals surface area contributed by atoms with Crippen LogP contribution < -0.4 is 0 Å². The second-order valence-electron chi connectivity index (χ2n) is 10.2. The summed E-state index contributed by atoms with van der Waals surface area (Å²) in [5.74, 6) is 3.46. The first kappa shape index (κ1) is 18.0. The second-order valence-corrected chi connectivity index (χ2v) is 10.2. The van der Waals surface area contributed by atoms with E-state index in [1.54, 1.807) is 0 Å². The molecule has 25 heavy (non-hydrogen) atoms. The van der Waals surface area contributed by atoms with E-state index >= 15 is 0 Å². The summed E-state index contributed by atoms with van der Waals surface area (Å²) >= 11 is 0. The van der Waals surface area contributed by atoms with Crippen LogP contribution in [0, 0.1) is 40.4 Å². The van der Waals surface area contributed by atoms with Gasteiger partial charge < -0.3 is 9.84 Å². The molecule has 4 rings (SSSR count). The summed E-state index contributed by atoms with van der Waals surface area (Å²) in [6, 6.07) is 0. The lowest BCUT2D eigenvalue weighted by Gasteiger charge is -2.62. The highest BCUT2D eigenvalue weighted by Crippen LogP contribution is 2.67. The van der Waals surface area contributed by atoms with Crippen molar-refractivity contribution in [1.29, 1.82) is 0 Å². The van der Waals surface area contributed by atoms with Gasteiger partial charge in [0.15, 0.2) is 0 Å². The van der Waals surface area contributed by atoms with Crippen LogP contribution in [0.1, 0.15) is 72.1 Å². The number of hydrogen-bond acceptors (Lipinski definition) is 3. The first-order valence-corrected chi connectivity index (χ1v) is 10.5. The highest BCUT2D eigenvalue weighted by atomic mass is 16.5. The molecule has 0 amide bonds. The summed E-state index contributed by atoms with van der Waals surface area (Å²) in [7, 11) is 1.84. The Labute approximate surface area is 152 Å². The molecule has 0 radical (unpaired) electrons. The first-order valence-electron chi connectivity index (χ1n) is 10.5. The van der Waals surface area contributed by atoms with Crippen LogP contribution in [-0.4, -0.2) is 30.2 Å². The van der Waals surface area contributed by atoms with Crippen molar-refractivity contribution < 1.29 is 14.6 Å². The Balaban J connectivity index is 1.66. The zero-order valence-corrected chi connectivity index (χ0v) is 16.5. The van der Waals surface area contributed by atoms with Crippen LogP contribution in [0.3, 0.4) is 0 Å². The number of Topliss-reactive ketones (excluding diaryl/α,β-unsaturated/α-hetero) is 1. The zero-order chi connectivity index (χ0) is 18.0. The van der Waals surface area contributed by atoms with Gasteiger partial charge in [-0.25, -0.2) is 0 Å². The number of aliphatic hydroxyl groups is 1. The molecule has 0 saturated heterocycles. The van der Waals surface area contributed by atoms with Gasteiger partial charge in [-0.15, -0.1) is 0 Å². The molecule has 4 fully saturated rings. The molecule has 0 aliphatic heterocycles. The maximum atomic E-state index is 12.2. The number of fused-ring (bicyclic) bond motifs is 5. The zero-order valence-electron chi connectivity index (χ0n) is 16.5. The number of methoxy groups -OCH3 is 1. The first-order chi connectivity index (χ1) is 11.8. The smallest absolute Gasteiger partial charge is 0.133 e. The van der Waals surface area contributed by atoms with E-state index in [0.717, 1.165) is 25.2 Å². The van der Waals surface area contributed by atoms with E-state index in [0.29, 0.717) is 23.5 Å². The van der Waals surface area contributed by atoms with Gasteiger partial charge in [0.25, 0.3) is 0 Å². The van der Waals surface area contributed by atoms with E-state index < -0.39 is 0 Å². The Morgan fingerprint density at radius 1 is 1.04 bits per heavy atom. The molecule has 0 aromatic carbocycles. The van der Waals surface area contributed by atoms with E-state index in [9.17, 15) is 9.90 Å². The van der Waals surface area contributed by atoms with Crippen molar-refractivity contribution in [2.24, 2.45) is 40.4 Å². The Bertz CT molecular complexity index is 535. The van der Waals surface area contributed by atoms with Gasteiger partial charge in [-0.05, 0) is 86.4 Å². The highest BCUT2D eigenvalue weighted by molar-refractivity contribution is 5.79. The number of carbonyl (C=O) groups is 1. The van der Waals surface area contributed by atoms with Crippen LogP contribution in [0.4, 0.5) is 0 Å². The lowest BCUT2D eigenvalue weighted by molar-refractivity contribution is -0.189. The van der Waals surface area contributed by atoms with Crippen LogP contribution in [0.2, 0.25) is 0 Å². The van der Waals surface area contributed by atoms with Crippen LogP contribution in [0.5, 0.6) is 0 Å². The lowest BCUT2D eigenvalue weighted by atomic mass is 9.44. The summed E-state index contributed by atoms with van der Waals surface area (Å²) < 4.78 is 5.96. The SMILES string of the molecule is COC1C[C@H](O)C[C@@H]2CC[C@H]3[C@@H]4CC[C@H](C(C)=O)[C@@]4(C)CC[C@@H]3[C@@]12C. The summed E-state index contributed by atoms with van der Waals surface area (Å²) in [5, 5.41) is 10.3. The fraction of sp³-hybridized carbons (Fsp3) is 0.955. The van der Waals surface area contributed by atoms with Crippen molar-refractivity contribution in [2.45, 2.75) is 84.3 Å². The number of hydrogen-bond donors (Lipinski definition) is 1. The maximum absolute atomic E-state index is 12.2. The number of aliphatic hydroxyl groups excluding tert-OH is 1. The molecule has 0 heterocycles. The molecule has 1 N–H and O–H groups in total. The molecule has 9 atom stereocenters. The van der Waals surface area contributed by atoms with Gasteiger partial charge in [-0.3, -0.25) is 4.79 Å². The third-order valence-corrected chi connectivity index (χ3v) is 9.48. The third-order valence-electron chi connectivity index (χ3n) is 9.48. The van der Waals surface area contributed by atoms with Crippen molar-refractivity contribution in [1.82, 2.24) is 0 Å². The van der Waals surface area contributed by atoms with Crippen LogP contribution in [-0.2, 0) is 9.53 Å². The number of carbonyl (C=O) groups excluding carboxylic acids is 1. The van der Waals surface area contributed by atoms with Gasteiger partial charge in [-0.2, -0.15) is 0 Å². The van der Waals surface area contributed by atoms with Crippen molar-refractivity contribution in [3.63, 3.8) is 0 Å². The number of ketones is 1.